The molecule has 2 N–H and O–H groups in total. The monoisotopic (exact) mass is 512 g/mol. The van der Waals surface area contributed by atoms with Crippen molar-refractivity contribution in [1.29, 1.82) is 0 Å². The maximum atomic E-state index is 12.2. The molecule has 1 saturated heterocycles. The number of benzene rings is 3. The number of anilines is 2. The largest absolute Gasteiger partial charge is 0.369 e. The predicted molar refractivity (Wildman–Crippen MR) is 145 cm³/mol. The van der Waals surface area contributed by atoms with Gasteiger partial charge in [0.15, 0.2) is 5.11 Å². The molecule has 0 aromatic heterocycles. The fourth-order valence-electron chi connectivity index (χ4n) is 3.91. The standard InChI is InChI=1S/C26H26Cl2N4OS/c27-21-7-5-19(6-8-21)17-25(33)30-26(34)29-22-9-11-23(12-10-22)32-15-13-31(14-16-32)18-20-3-1-2-4-24(20)28/h1-12H,13-18H2,(H2,29,30,33,34). The third kappa shape index (κ3) is 6.93. The van der Waals surface area contributed by atoms with Gasteiger partial charge in [-0.1, -0.05) is 53.5 Å². The maximum absolute atomic E-state index is 12.2. The smallest absolute Gasteiger partial charge is 0.230 e. The Bertz CT molecular complexity index is 1130. The van der Waals surface area contributed by atoms with Crippen molar-refractivity contribution in [2.45, 2.75) is 13.0 Å². The average molecular weight is 513 g/mol. The number of hydrogen-bond donors (Lipinski definition) is 2. The highest BCUT2D eigenvalue weighted by atomic mass is 35.5. The van der Waals surface area contributed by atoms with Crippen LogP contribution in [0.25, 0.3) is 0 Å². The first-order valence-corrected chi connectivity index (χ1v) is 12.3. The lowest BCUT2D eigenvalue weighted by Crippen LogP contribution is -2.46. The van der Waals surface area contributed by atoms with E-state index in [0.29, 0.717) is 5.02 Å². The second kappa shape index (κ2) is 11.7. The number of carbonyl (C=O) groups is 1. The van der Waals surface area contributed by atoms with Crippen molar-refractivity contribution < 1.29 is 4.79 Å². The zero-order chi connectivity index (χ0) is 23.9. The molecule has 34 heavy (non-hydrogen) atoms. The number of amides is 1. The summed E-state index contributed by atoms with van der Waals surface area (Å²) >= 11 is 17.5. The number of rotatable bonds is 6. The van der Waals surface area contributed by atoms with Crippen LogP contribution in [0.15, 0.2) is 72.8 Å². The number of carbonyl (C=O) groups excluding carboxylic acids is 1. The molecular weight excluding hydrogens is 487 g/mol. The van der Waals surface area contributed by atoms with Gasteiger partial charge in [-0.2, -0.15) is 0 Å². The van der Waals surface area contributed by atoms with E-state index < -0.39 is 0 Å². The van der Waals surface area contributed by atoms with E-state index in [1.54, 1.807) is 12.1 Å². The highest BCUT2D eigenvalue weighted by Gasteiger charge is 2.18. The minimum Gasteiger partial charge on any atom is -0.369 e. The molecule has 0 radical (unpaired) electrons. The van der Waals surface area contributed by atoms with Gasteiger partial charge in [-0.25, -0.2) is 0 Å². The van der Waals surface area contributed by atoms with Gasteiger partial charge in [0.05, 0.1) is 6.42 Å². The van der Waals surface area contributed by atoms with E-state index >= 15 is 0 Å². The Morgan fingerprint density at radius 1 is 0.882 bits per heavy atom. The summed E-state index contributed by atoms with van der Waals surface area (Å²) in [5, 5.41) is 7.54. The molecule has 1 aliphatic rings. The second-order valence-electron chi connectivity index (χ2n) is 8.21. The Hall–Kier alpha value is -2.64. The normalized spacial score (nSPS) is 14.0. The molecule has 0 saturated carbocycles. The molecule has 0 spiro atoms. The minimum absolute atomic E-state index is 0.175. The lowest BCUT2D eigenvalue weighted by Gasteiger charge is -2.36. The van der Waals surface area contributed by atoms with E-state index in [0.717, 1.165) is 49.0 Å². The Morgan fingerprint density at radius 3 is 2.24 bits per heavy atom. The minimum atomic E-state index is -0.175. The summed E-state index contributed by atoms with van der Waals surface area (Å²) in [5.74, 6) is -0.175. The van der Waals surface area contributed by atoms with Crippen LogP contribution in [0.2, 0.25) is 10.0 Å². The quantitative estimate of drug-likeness (QED) is 0.434. The van der Waals surface area contributed by atoms with E-state index in [1.807, 2.05) is 42.5 Å². The zero-order valence-corrected chi connectivity index (χ0v) is 21.0. The van der Waals surface area contributed by atoms with Crippen LogP contribution in [-0.4, -0.2) is 42.1 Å². The van der Waals surface area contributed by atoms with Crippen LogP contribution in [0.1, 0.15) is 11.1 Å². The highest BCUT2D eigenvalue weighted by Crippen LogP contribution is 2.22. The van der Waals surface area contributed by atoms with Gasteiger partial charge >= 0.3 is 0 Å². The van der Waals surface area contributed by atoms with Crippen molar-refractivity contribution in [2.24, 2.45) is 0 Å². The Kier molecular flexibility index (Phi) is 8.40. The van der Waals surface area contributed by atoms with Crippen molar-refractivity contribution in [3.8, 4) is 0 Å². The Morgan fingerprint density at radius 2 is 1.56 bits per heavy atom. The van der Waals surface area contributed by atoms with Gasteiger partial charge in [-0.05, 0) is 65.8 Å². The Balaban J connectivity index is 1.23. The Labute approximate surface area is 215 Å². The van der Waals surface area contributed by atoms with Crippen LogP contribution in [0, 0.1) is 0 Å². The topological polar surface area (TPSA) is 47.6 Å². The molecule has 0 atom stereocenters. The molecule has 3 aromatic rings. The van der Waals surface area contributed by atoms with Crippen LogP contribution in [-0.2, 0) is 17.8 Å². The van der Waals surface area contributed by atoms with E-state index in [1.165, 1.54) is 11.3 Å². The first kappa shape index (κ1) is 24.5. The molecule has 0 bridgehead atoms. The summed E-state index contributed by atoms with van der Waals surface area (Å²) in [6.07, 6.45) is 0.236. The summed E-state index contributed by atoms with van der Waals surface area (Å²) < 4.78 is 0. The van der Waals surface area contributed by atoms with Gasteiger partial charge in [0, 0.05) is 54.1 Å². The van der Waals surface area contributed by atoms with Crippen molar-refractivity contribution in [1.82, 2.24) is 10.2 Å². The number of piperazine rings is 1. The van der Waals surface area contributed by atoms with Crippen LogP contribution in [0.4, 0.5) is 11.4 Å². The molecule has 3 aromatic carbocycles. The van der Waals surface area contributed by atoms with E-state index in [-0.39, 0.29) is 17.4 Å². The first-order valence-electron chi connectivity index (χ1n) is 11.1. The molecular formula is C26H26Cl2N4OS. The molecule has 4 rings (SSSR count). The summed E-state index contributed by atoms with van der Waals surface area (Å²) in [6, 6.07) is 23.3. The maximum Gasteiger partial charge on any atom is 0.230 e. The van der Waals surface area contributed by atoms with Crippen LogP contribution >= 0.6 is 35.4 Å². The van der Waals surface area contributed by atoms with Gasteiger partial charge in [-0.15, -0.1) is 0 Å². The first-order chi connectivity index (χ1) is 16.5. The van der Waals surface area contributed by atoms with Gasteiger partial charge < -0.3 is 15.5 Å². The second-order valence-corrected chi connectivity index (χ2v) is 9.46. The van der Waals surface area contributed by atoms with Crippen LogP contribution in [0.5, 0.6) is 0 Å². The van der Waals surface area contributed by atoms with Crippen molar-refractivity contribution >= 4 is 57.8 Å². The number of nitrogens with zero attached hydrogens (tertiary/aromatic N) is 2. The van der Waals surface area contributed by atoms with E-state index in [2.05, 4.69) is 38.6 Å². The molecule has 1 heterocycles. The lowest BCUT2D eigenvalue weighted by atomic mass is 10.1. The molecule has 1 fully saturated rings. The van der Waals surface area contributed by atoms with Gasteiger partial charge in [0.25, 0.3) is 0 Å². The van der Waals surface area contributed by atoms with E-state index in [4.69, 9.17) is 35.4 Å². The fraction of sp³-hybridized carbons (Fsp3) is 0.231. The summed E-state index contributed by atoms with van der Waals surface area (Å²) in [4.78, 5) is 17.0. The third-order valence-corrected chi connectivity index (χ3v) is 6.57. The van der Waals surface area contributed by atoms with Crippen LogP contribution < -0.4 is 15.5 Å². The molecule has 1 amide bonds. The average Bonchev–Trinajstić information content (AvgIpc) is 2.83. The van der Waals surface area contributed by atoms with E-state index in [9.17, 15) is 4.79 Å². The van der Waals surface area contributed by atoms with Gasteiger partial charge in [-0.3, -0.25) is 9.69 Å². The fourth-order valence-corrected chi connectivity index (χ4v) is 4.46. The zero-order valence-electron chi connectivity index (χ0n) is 18.6. The van der Waals surface area contributed by atoms with Gasteiger partial charge in [0.2, 0.25) is 5.91 Å². The van der Waals surface area contributed by atoms with Crippen molar-refractivity contribution in [3.63, 3.8) is 0 Å². The summed E-state index contributed by atoms with van der Waals surface area (Å²) in [6.45, 7) is 4.74. The van der Waals surface area contributed by atoms with Gasteiger partial charge in [0.1, 0.15) is 0 Å². The predicted octanol–water partition coefficient (Wildman–Crippen LogP) is 5.37. The van der Waals surface area contributed by atoms with Crippen LogP contribution in [0.3, 0.4) is 0 Å². The van der Waals surface area contributed by atoms with Crippen molar-refractivity contribution in [3.05, 3.63) is 94.0 Å². The summed E-state index contributed by atoms with van der Waals surface area (Å²) in [7, 11) is 0. The molecule has 8 heteroatoms. The molecule has 0 aliphatic carbocycles. The SMILES string of the molecule is O=C(Cc1ccc(Cl)cc1)NC(=S)Nc1ccc(N2CCN(Cc3ccccc3Cl)CC2)cc1. The molecule has 1 aliphatic heterocycles. The number of nitrogens with one attached hydrogen (secondary N) is 2. The molecule has 0 unspecified atom stereocenters. The molecule has 176 valence electrons. The highest BCUT2D eigenvalue weighted by molar-refractivity contribution is 7.80. The number of thiocarbonyl (C=S) groups is 1. The van der Waals surface area contributed by atoms with Crippen molar-refractivity contribution in [2.75, 3.05) is 36.4 Å². The molecule has 5 nitrogen and oxygen atoms in total. The lowest BCUT2D eigenvalue weighted by molar-refractivity contribution is -0.119. The third-order valence-electron chi connectivity index (χ3n) is 5.75. The number of halogens is 2. The summed E-state index contributed by atoms with van der Waals surface area (Å²) in [5.41, 5.74) is 4.05. The number of hydrogen-bond acceptors (Lipinski definition) is 4.